The fourth-order valence-corrected chi connectivity index (χ4v) is 1.27. The number of nitriles is 1. The number of rotatable bonds is 1. The lowest BCUT2D eigenvalue weighted by Gasteiger charge is -1.96. The standard InChI is InChI=1S/C7H4BrClN2/c8-3-5-1-2-7(9)11-6(5)4-10/h1-2H,3H2. The summed E-state index contributed by atoms with van der Waals surface area (Å²) in [5.74, 6) is 0. The third kappa shape index (κ3) is 1.92. The van der Waals surface area contributed by atoms with Crippen LogP contribution in [0.15, 0.2) is 12.1 Å². The Morgan fingerprint density at radius 1 is 1.64 bits per heavy atom. The Bertz CT molecular complexity index is 306. The van der Waals surface area contributed by atoms with Crippen molar-refractivity contribution in [1.29, 1.82) is 5.26 Å². The molecule has 11 heavy (non-hydrogen) atoms. The van der Waals surface area contributed by atoms with E-state index >= 15 is 0 Å². The zero-order valence-electron chi connectivity index (χ0n) is 5.51. The third-order valence-electron chi connectivity index (χ3n) is 1.19. The van der Waals surface area contributed by atoms with Gasteiger partial charge in [0, 0.05) is 5.33 Å². The summed E-state index contributed by atoms with van der Waals surface area (Å²) in [5.41, 5.74) is 1.24. The largest absolute Gasteiger partial charge is 0.225 e. The van der Waals surface area contributed by atoms with Crippen LogP contribution >= 0.6 is 27.5 Å². The van der Waals surface area contributed by atoms with Crippen molar-refractivity contribution in [2.75, 3.05) is 0 Å². The highest BCUT2D eigenvalue weighted by Gasteiger charge is 2.01. The van der Waals surface area contributed by atoms with Crippen molar-refractivity contribution in [2.24, 2.45) is 0 Å². The number of aromatic nitrogens is 1. The van der Waals surface area contributed by atoms with Crippen LogP contribution in [0.1, 0.15) is 11.3 Å². The quantitative estimate of drug-likeness (QED) is 0.550. The predicted molar refractivity (Wildman–Crippen MR) is 46.6 cm³/mol. The van der Waals surface area contributed by atoms with Gasteiger partial charge in [-0.25, -0.2) is 4.98 Å². The normalized spacial score (nSPS) is 9.18. The van der Waals surface area contributed by atoms with Crippen LogP contribution in [0.5, 0.6) is 0 Å². The minimum Gasteiger partial charge on any atom is -0.225 e. The minimum atomic E-state index is 0.353. The van der Waals surface area contributed by atoms with Gasteiger partial charge in [0.05, 0.1) is 0 Å². The maximum absolute atomic E-state index is 8.58. The molecule has 0 atom stereocenters. The minimum absolute atomic E-state index is 0.353. The summed E-state index contributed by atoms with van der Waals surface area (Å²) in [7, 11) is 0. The van der Waals surface area contributed by atoms with Gasteiger partial charge < -0.3 is 0 Å². The third-order valence-corrected chi connectivity index (χ3v) is 2.01. The fraction of sp³-hybridized carbons (Fsp3) is 0.143. The summed E-state index contributed by atoms with van der Waals surface area (Å²) >= 11 is 8.81. The second-order valence-corrected chi connectivity index (χ2v) is 2.84. The van der Waals surface area contributed by atoms with Gasteiger partial charge in [0.25, 0.3) is 0 Å². The summed E-state index contributed by atoms with van der Waals surface area (Å²) in [6.45, 7) is 0. The van der Waals surface area contributed by atoms with Crippen molar-refractivity contribution in [2.45, 2.75) is 5.33 Å². The van der Waals surface area contributed by atoms with Gasteiger partial charge in [-0.05, 0) is 11.6 Å². The summed E-state index contributed by atoms with van der Waals surface area (Å²) < 4.78 is 0. The maximum Gasteiger partial charge on any atom is 0.146 e. The number of alkyl halides is 1. The van der Waals surface area contributed by atoms with Gasteiger partial charge >= 0.3 is 0 Å². The molecule has 0 aromatic carbocycles. The molecule has 1 aromatic heterocycles. The number of halogens is 2. The highest BCUT2D eigenvalue weighted by Crippen LogP contribution is 2.13. The van der Waals surface area contributed by atoms with E-state index in [-0.39, 0.29) is 0 Å². The van der Waals surface area contributed by atoms with E-state index in [0.29, 0.717) is 16.2 Å². The predicted octanol–water partition coefficient (Wildman–Crippen LogP) is 2.50. The Hall–Kier alpha value is -0.590. The zero-order valence-corrected chi connectivity index (χ0v) is 7.85. The monoisotopic (exact) mass is 230 g/mol. The lowest BCUT2D eigenvalue weighted by Crippen LogP contribution is -1.89. The van der Waals surface area contributed by atoms with Crippen molar-refractivity contribution in [1.82, 2.24) is 4.98 Å². The molecule has 0 saturated heterocycles. The Morgan fingerprint density at radius 2 is 2.36 bits per heavy atom. The van der Waals surface area contributed by atoms with E-state index in [4.69, 9.17) is 16.9 Å². The molecule has 0 spiro atoms. The topological polar surface area (TPSA) is 36.7 Å². The number of hydrogen-bond acceptors (Lipinski definition) is 2. The Labute approximate surface area is 77.9 Å². The second kappa shape index (κ2) is 3.70. The molecule has 0 saturated carbocycles. The second-order valence-electron chi connectivity index (χ2n) is 1.89. The first-order valence-corrected chi connectivity index (χ1v) is 4.39. The highest BCUT2D eigenvalue weighted by molar-refractivity contribution is 9.08. The van der Waals surface area contributed by atoms with Gasteiger partial charge in [-0.1, -0.05) is 33.6 Å². The van der Waals surface area contributed by atoms with E-state index in [1.807, 2.05) is 6.07 Å². The highest BCUT2D eigenvalue weighted by atomic mass is 79.9. The van der Waals surface area contributed by atoms with Crippen LogP contribution in [0.4, 0.5) is 0 Å². The molecule has 2 nitrogen and oxygen atoms in total. The van der Waals surface area contributed by atoms with Gasteiger partial charge in [0.15, 0.2) is 0 Å². The molecule has 0 radical (unpaired) electrons. The van der Waals surface area contributed by atoms with Gasteiger partial charge in [-0.3, -0.25) is 0 Å². The van der Waals surface area contributed by atoms with Crippen LogP contribution in [-0.2, 0) is 5.33 Å². The first kappa shape index (κ1) is 8.51. The molecular formula is C7H4BrClN2. The van der Waals surface area contributed by atoms with Crippen molar-refractivity contribution >= 4 is 27.5 Å². The first-order valence-electron chi connectivity index (χ1n) is 2.89. The lowest BCUT2D eigenvalue weighted by atomic mass is 10.2. The molecule has 1 aromatic rings. The molecule has 1 heterocycles. The average molecular weight is 231 g/mol. The molecule has 56 valence electrons. The van der Waals surface area contributed by atoms with Gasteiger partial charge in [0.1, 0.15) is 16.9 Å². The van der Waals surface area contributed by atoms with E-state index in [0.717, 1.165) is 5.56 Å². The Morgan fingerprint density at radius 3 is 2.91 bits per heavy atom. The summed E-state index contributed by atoms with van der Waals surface area (Å²) in [6.07, 6.45) is 0. The van der Waals surface area contributed by atoms with Crippen LogP contribution in [0.2, 0.25) is 5.15 Å². The number of hydrogen-bond donors (Lipinski definition) is 0. The van der Waals surface area contributed by atoms with Gasteiger partial charge in [0.2, 0.25) is 0 Å². The fourth-order valence-electron chi connectivity index (χ4n) is 0.669. The molecule has 0 N–H and O–H groups in total. The van der Waals surface area contributed by atoms with E-state index in [1.165, 1.54) is 0 Å². The molecule has 0 bridgehead atoms. The molecule has 0 fully saturated rings. The maximum atomic E-state index is 8.58. The van der Waals surface area contributed by atoms with Crippen molar-refractivity contribution in [3.8, 4) is 6.07 Å². The van der Waals surface area contributed by atoms with E-state index < -0.39 is 0 Å². The van der Waals surface area contributed by atoms with Crippen LogP contribution < -0.4 is 0 Å². The van der Waals surface area contributed by atoms with Crippen molar-refractivity contribution in [3.05, 3.63) is 28.5 Å². The van der Waals surface area contributed by atoms with E-state index in [1.54, 1.807) is 12.1 Å². The summed E-state index contributed by atoms with van der Waals surface area (Å²) in [6, 6.07) is 5.41. The van der Waals surface area contributed by atoms with E-state index in [9.17, 15) is 0 Å². The molecule has 0 aliphatic carbocycles. The molecule has 4 heteroatoms. The van der Waals surface area contributed by atoms with Crippen LogP contribution in [0.25, 0.3) is 0 Å². The molecule has 1 rings (SSSR count). The van der Waals surface area contributed by atoms with Gasteiger partial charge in [-0.15, -0.1) is 0 Å². The number of nitrogens with zero attached hydrogens (tertiary/aromatic N) is 2. The summed E-state index contributed by atoms with van der Waals surface area (Å²) in [4.78, 5) is 3.84. The smallest absolute Gasteiger partial charge is 0.146 e. The van der Waals surface area contributed by atoms with E-state index in [2.05, 4.69) is 20.9 Å². The molecule has 0 amide bonds. The molecule has 0 unspecified atom stereocenters. The van der Waals surface area contributed by atoms with Gasteiger partial charge in [-0.2, -0.15) is 5.26 Å². The van der Waals surface area contributed by atoms with Crippen molar-refractivity contribution < 1.29 is 0 Å². The molecule has 0 aliphatic rings. The summed E-state index contributed by atoms with van der Waals surface area (Å²) in [5, 5.41) is 9.56. The van der Waals surface area contributed by atoms with Crippen molar-refractivity contribution in [3.63, 3.8) is 0 Å². The first-order chi connectivity index (χ1) is 5.27. The zero-order chi connectivity index (χ0) is 8.27. The molecular weight excluding hydrogens is 227 g/mol. The lowest BCUT2D eigenvalue weighted by molar-refractivity contribution is 1.20. The SMILES string of the molecule is N#Cc1nc(Cl)ccc1CBr. The van der Waals surface area contributed by atoms with Crippen LogP contribution in [0.3, 0.4) is 0 Å². The number of pyridine rings is 1. The Kier molecular flexibility index (Phi) is 2.86. The van der Waals surface area contributed by atoms with Crippen LogP contribution in [0, 0.1) is 11.3 Å². The Balaban J connectivity index is 3.19. The van der Waals surface area contributed by atoms with Crippen LogP contribution in [-0.4, -0.2) is 4.98 Å². The molecule has 0 aliphatic heterocycles. The average Bonchev–Trinajstić information content (AvgIpc) is 2.04.